The highest BCUT2D eigenvalue weighted by Crippen LogP contribution is 2.39. The van der Waals surface area contributed by atoms with Gasteiger partial charge in [0, 0.05) is 4.90 Å². The minimum absolute atomic E-state index is 0.229. The van der Waals surface area contributed by atoms with Crippen LogP contribution >= 0.6 is 11.8 Å². The third-order valence-electron chi connectivity index (χ3n) is 1.66. The molecular formula is C8H8OS2. The smallest absolute Gasteiger partial charge is 0.0867 e. The minimum Gasteiger partial charge on any atom is -0.253 e. The van der Waals surface area contributed by atoms with Crippen molar-refractivity contribution in [2.24, 2.45) is 0 Å². The molecule has 58 valence electrons. The van der Waals surface area contributed by atoms with Crippen molar-refractivity contribution in [3.63, 3.8) is 0 Å². The Labute approximate surface area is 72.7 Å². The Morgan fingerprint density at radius 1 is 1.45 bits per heavy atom. The zero-order valence-electron chi connectivity index (χ0n) is 6.11. The van der Waals surface area contributed by atoms with Gasteiger partial charge < -0.3 is 0 Å². The van der Waals surface area contributed by atoms with Crippen LogP contribution in [0.4, 0.5) is 0 Å². The van der Waals surface area contributed by atoms with Crippen LogP contribution in [0.25, 0.3) is 0 Å². The first kappa shape index (κ1) is 7.37. The van der Waals surface area contributed by atoms with Crippen LogP contribution in [-0.4, -0.2) is 8.79 Å². The Bertz CT molecular complexity index is 309. The molecule has 0 amide bonds. The third kappa shape index (κ3) is 1.12. The van der Waals surface area contributed by atoms with Gasteiger partial charge in [-0.3, -0.25) is 4.21 Å². The molecule has 2 atom stereocenters. The van der Waals surface area contributed by atoms with Crippen molar-refractivity contribution in [2.45, 2.75) is 21.3 Å². The van der Waals surface area contributed by atoms with Gasteiger partial charge in [-0.05, 0) is 19.1 Å². The molecule has 3 heteroatoms. The summed E-state index contributed by atoms with van der Waals surface area (Å²) in [4.78, 5) is 2.18. The summed E-state index contributed by atoms with van der Waals surface area (Å²) in [6.07, 6.45) is 0. The largest absolute Gasteiger partial charge is 0.253 e. The van der Waals surface area contributed by atoms with E-state index in [0.29, 0.717) is 0 Å². The van der Waals surface area contributed by atoms with Gasteiger partial charge in [0.15, 0.2) is 0 Å². The highest BCUT2D eigenvalue weighted by molar-refractivity contribution is 8.13. The van der Waals surface area contributed by atoms with Crippen LogP contribution in [0.1, 0.15) is 6.92 Å². The molecule has 0 N–H and O–H groups in total. The Morgan fingerprint density at radius 2 is 2.18 bits per heavy atom. The van der Waals surface area contributed by atoms with E-state index in [2.05, 4.69) is 0 Å². The monoisotopic (exact) mass is 184 g/mol. The number of thioether (sulfide) groups is 1. The summed E-state index contributed by atoms with van der Waals surface area (Å²) in [7, 11) is -0.780. The average Bonchev–Trinajstić information content (AvgIpc) is 2.30. The first-order valence-electron chi connectivity index (χ1n) is 3.45. The second-order valence-electron chi connectivity index (χ2n) is 2.43. The molecule has 0 fully saturated rings. The van der Waals surface area contributed by atoms with Gasteiger partial charge in [0.05, 0.1) is 20.3 Å². The van der Waals surface area contributed by atoms with Crippen molar-refractivity contribution in [1.82, 2.24) is 0 Å². The summed E-state index contributed by atoms with van der Waals surface area (Å²) in [5, 5.41) is 0. The number of fused-ring (bicyclic) bond motifs is 1. The maximum Gasteiger partial charge on any atom is 0.0867 e. The van der Waals surface area contributed by atoms with Crippen molar-refractivity contribution >= 4 is 22.6 Å². The van der Waals surface area contributed by atoms with Crippen LogP contribution in [0.2, 0.25) is 0 Å². The minimum atomic E-state index is -0.780. The summed E-state index contributed by atoms with van der Waals surface area (Å²) in [6, 6.07) is 7.90. The molecule has 0 bridgehead atoms. The van der Waals surface area contributed by atoms with E-state index >= 15 is 0 Å². The van der Waals surface area contributed by atoms with Crippen LogP contribution in [-0.2, 0) is 10.8 Å². The Hall–Kier alpha value is -0.280. The lowest BCUT2D eigenvalue weighted by molar-refractivity contribution is 0.682. The zero-order chi connectivity index (χ0) is 7.84. The lowest BCUT2D eigenvalue weighted by Gasteiger charge is -1.94. The zero-order valence-corrected chi connectivity index (χ0v) is 7.74. The van der Waals surface area contributed by atoms with Crippen molar-refractivity contribution in [1.29, 1.82) is 0 Å². The third-order valence-corrected chi connectivity index (χ3v) is 4.94. The van der Waals surface area contributed by atoms with Crippen LogP contribution in [0.15, 0.2) is 34.1 Å². The van der Waals surface area contributed by atoms with Crippen molar-refractivity contribution in [2.75, 3.05) is 0 Å². The van der Waals surface area contributed by atoms with Crippen molar-refractivity contribution < 1.29 is 4.21 Å². The first-order valence-corrected chi connectivity index (χ1v) is 5.54. The normalized spacial score (nSPS) is 28.5. The molecule has 0 aromatic heterocycles. The molecule has 11 heavy (non-hydrogen) atoms. The fourth-order valence-electron chi connectivity index (χ4n) is 1.12. The first-order chi connectivity index (χ1) is 5.29. The van der Waals surface area contributed by atoms with E-state index < -0.39 is 10.8 Å². The van der Waals surface area contributed by atoms with Gasteiger partial charge in [0.2, 0.25) is 0 Å². The Kier molecular flexibility index (Phi) is 1.77. The lowest BCUT2D eigenvalue weighted by Crippen LogP contribution is -1.97. The quantitative estimate of drug-likeness (QED) is 0.615. The molecule has 0 radical (unpaired) electrons. The number of benzene rings is 1. The van der Waals surface area contributed by atoms with Crippen LogP contribution in [0.5, 0.6) is 0 Å². The standard InChI is InChI=1S/C8H8OS2/c1-6-10-7-4-2-3-5-8(7)11(6)9/h2-6H,1H3/t6-,11?/m0/s1. The average molecular weight is 184 g/mol. The van der Waals surface area contributed by atoms with Gasteiger partial charge in [-0.15, -0.1) is 11.8 Å². The highest BCUT2D eigenvalue weighted by atomic mass is 32.2. The summed E-state index contributed by atoms with van der Waals surface area (Å²) in [6.45, 7) is 2.00. The SMILES string of the molecule is C[C@H]1Sc2ccccc2S1=O. The van der Waals surface area contributed by atoms with Gasteiger partial charge in [-0.1, -0.05) is 12.1 Å². The summed E-state index contributed by atoms with van der Waals surface area (Å²) >= 11 is 1.70. The molecule has 0 spiro atoms. The predicted molar refractivity (Wildman–Crippen MR) is 48.2 cm³/mol. The van der Waals surface area contributed by atoms with E-state index in [4.69, 9.17) is 0 Å². The molecule has 0 saturated carbocycles. The molecule has 2 rings (SSSR count). The molecule has 1 aliphatic rings. The molecule has 1 aromatic carbocycles. The Morgan fingerprint density at radius 3 is 2.91 bits per heavy atom. The maximum atomic E-state index is 11.5. The molecule has 0 saturated heterocycles. The Balaban J connectivity index is 2.55. The van der Waals surface area contributed by atoms with Crippen LogP contribution < -0.4 is 0 Å². The molecule has 1 heterocycles. The second kappa shape index (κ2) is 2.64. The summed E-state index contributed by atoms with van der Waals surface area (Å²) in [5.41, 5.74) is 0. The van der Waals surface area contributed by atoms with E-state index in [1.165, 1.54) is 4.90 Å². The van der Waals surface area contributed by atoms with E-state index in [0.717, 1.165) is 4.90 Å². The van der Waals surface area contributed by atoms with E-state index in [1.807, 2.05) is 31.2 Å². The van der Waals surface area contributed by atoms with E-state index in [-0.39, 0.29) is 4.58 Å². The van der Waals surface area contributed by atoms with Gasteiger partial charge in [-0.25, -0.2) is 0 Å². The number of hydrogen-bond acceptors (Lipinski definition) is 2. The fraction of sp³-hybridized carbons (Fsp3) is 0.250. The maximum absolute atomic E-state index is 11.5. The molecule has 1 aliphatic heterocycles. The van der Waals surface area contributed by atoms with E-state index in [1.54, 1.807) is 11.8 Å². The number of hydrogen-bond donors (Lipinski definition) is 0. The molecular weight excluding hydrogens is 176 g/mol. The van der Waals surface area contributed by atoms with Crippen molar-refractivity contribution in [3.8, 4) is 0 Å². The van der Waals surface area contributed by atoms with E-state index in [9.17, 15) is 4.21 Å². The molecule has 0 aliphatic carbocycles. The topological polar surface area (TPSA) is 17.1 Å². The molecule has 1 unspecified atom stereocenters. The van der Waals surface area contributed by atoms with Gasteiger partial charge >= 0.3 is 0 Å². The summed E-state index contributed by atoms with van der Waals surface area (Å²) in [5.74, 6) is 0. The highest BCUT2D eigenvalue weighted by Gasteiger charge is 2.25. The number of rotatable bonds is 0. The van der Waals surface area contributed by atoms with Crippen LogP contribution in [0, 0.1) is 0 Å². The van der Waals surface area contributed by atoms with Crippen LogP contribution in [0.3, 0.4) is 0 Å². The second-order valence-corrected chi connectivity index (χ2v) is 5.85. The predicted octanol–water partition coefficient (Wildman–Crippen LogP) is 2.25. The molecule has 1 aromatic rings. The summed E-state index contributed by atoms with van der Waals surface area (Å²) < 4.78 is 11.7. The van der Waals surface area contributed by atoms with Gasteiger partial charge in [0.1, 0.15) is 0 Å². The lowest BCUT2D eigenvalue weighted by atomic mass is 10.4. The fourth-order valence-corrected chi connectivity index (χ4v) is 4.01. The van der Waals surface area contributed by atoms with Gasteiger partial charge in [0.25, 0.3) is 0 Å². The van der Waals surface area contributed by atoms with Crippen molar-refractivity contribution in [3.05, 3.63) is 24.3 Å². The van der Waals surface area contributed by atoms with Gasteiger partial charge in [-0.2, -0.15) is 0 Å². The molecule has 1 nitrogen and oxygen atoms in total.